The molecule has 0 aliphatic carbocycles. The molecule has 2 aromatic rings. The van der Waals surface area contributed by atoms with E-state index >= 15 is 0 Å². The summed E-state index contributed by atoms with van der Waals surface area (Å²) in [6, 6.07) is 9.81. The van der Waals surface area contributed by atoms with E-state index < -0.39 is 0 Å². The van der Waals surface area contributed by atoms with Crippen LogP contribution in [0.15, 0.2) is 40.8 Å². The van der Waals surface area contributed by atoms with Gasteiger partial charge in [0.2, 0.25) is 0 Å². The van der Waals surface area contributed by atoms with E-state index in [2.05, 4.69) is 0 Å². The van der Waals surface area contributed by atoms with Crippen molar-refractivity contribution in [3.8, 4) is 0 Å². The van der Waals surface area contributed by atoms with Gasteiger partial charge in [-0.3, -0.25) is 4.79 Å². The number of halogens is 1. The van der Waals surface area contributed by atoms with Crippen LogP contribution >= 0.6 is 0 Å². The first kappa shape index (κ1) is 17.2. The fourth-order valence-electron chi connectivity index (χ4n) is 2.31. The first-order valence-corrected chi connectivity index (χ1v) is 7.68. The Morgan fingerprint density at radius 3 is 2.70 bits per heavy atom. The van der Waals surface area contributed by atoms with Crippen LogP contribution in [0.1, 0.15) is 42.1 Å². The standard InChI is InChI=1S/C18H22FNO3/c1-4-13(2)20(11-14-7-5-6-8-16(14)19)18(21)17-10-9-15(23-17)12-22-3/h5-10,13H,4,11-12H2,1-3H3/t13-/m0/s1. The molecule has 1 amide bonds. The van der Waals surface area contributed by atoms with Crippen LogP contribution in [0.25, 0.3) is 0 Å². The lowest BCUT2D eigenvalue weighted by atomic mass is 10.1. The Hall–Kier alpha value is -2.14. The fraction of sp³-hybridized carbons (Fsp3) is 0.389. The van der Waals surface area contributed by atoms with Gasteiger partial charge in [0.25, 0.3) is 5.91 Å². The highest BCUT2D eigenvalue weighted by atomic mass is 19.1. The number of nitrogens with zero attached hydrogens (tertiary/aromatic N) is 1. The minimum Gasteiger partial charge on any atom is -0.453 e. The molecule has 2 rings (SSSR count). The molecular formula is C18H22FNO3. The van der Waals surface area contributed by atoms with Crippen LogP contribution in [-0.2, 0) is 17.9 Å². The van der Waals surface area contributed by atoms with E-state index in [4.69, 9.17) is 9.15 Å². The molecule has 1 aromatic carbocycles. The van der Waals surface area contributed by atoms with Crippen molar-refractivity contribution < 1.29 is 18.3 Å². The van der Waals surface area contributed by atoms with Crippen molar-refractivity contribution in [2.45, 2.75) is 39.5 Å². The van der Waals surface area contributed by atoms with Gasteiger partial charge in [-0.25, -0.2) is 4.39 Å². The average Bonchev–Trinajstić information content (AvgIpc) is 3.02. The van der Waals surface area contributed by atoms with E-state index in [1.807, 2.05) is 13.8 Å². The molecule has 0 spiro atoms. The summed E-state index contributed by atoms with van der Waals surface area (Å²) in [4.78, 5) is 14.4. The molecular weight excluding hydrogens is 297 g/mol. The van der Waals surface area contributed by atoms with Crippen LogP contribution in [0, 0.1) is 5.82 Å². The van der Waals surface area contributed by atoms with Crippen LogP contribution in [-0.4, -0.2) is 24.0 Å². The largest absolute Gasteiger partial charge is 0.453 e. The number of carbonyl (C=O) groups is 1. The van der Waals surface area contributed by atoms with E-state index in [9.17, 15) is 9.18 Å². The number of furan rings is 1. The van der Waals surface area contributed by atoms with Gasteiger partial charge in [-0.05, 0) is 31.5 Å². The number of hydrogen-bond acceptors (Lipinski definition) is 3. The van der Waals surface area contributed by atoms with Crippen LogP contribution in [0.3, 0.4) is 0 Å². The molecule has 5 heteroatoms. The van der Waals surface area contributed by atoms with Crippen molar-refractivity contribution >= 4 is 5.91 Å². The van der Waals surface area contributed by atoms with E-state index in [0.717, 1.165) is 6.42 Å². The number of amides is 1. The Balaban J connectivity index is 2.23. The van der Waals surface area contributed by atoms with Gasteiger partial charge in [0.15, 0.2) is 5.76 Å². The number of ether oxygens (including phenoxy) is 1. The van der Waals surface area contributed by atoms with Crippen molar-refractivity contribution in [1.82, 2.24) is 4.90 Å². The number of rotatable bonds is 7. The number of carbonyl (C=O) groups excluding carboxylic acids is 1. The topological polar surface area (TPSA) is 42.7 Å². The lowest BCUT2D eigenvalue weighted by molar-refractivity contribution is 0.0629. The van der Waals surface area contributed by atoms with Gasteiger partial charge in [-0.15, -0.1) is 0 Å². The SMILES string of the molecule is CC[C@H](C)N(Cc1ccccc1F)C(=O)c1ccc(COC)o1. The molecule has 124 valence electrons. The first-order chi connectivity index (χ1) is 11.1. The van der Waals surface area contributed by atoms with E-state index in [-0.39, 0.29) is 30.1 Å². The second kappa shape index (κ2) is 7.92. The van der Waals surface area contributed by atoms with E-state index in [1.165, 1.54) is 6.07 Å². The molecule has 0 saturated carbocycles. The normalized spacial score (nSPS) is 12.2. The molecule has 0 aliphatic heterocycles. The molecule has 0 bridgehead atoms. The predicted octanol–water partition coefficient (Wildman–Crippen LogP) is 4.01. The fourth-order valence-corrected chi connectivity index (χ4v) is 2.31. The lowest BCUT2D eigenvalue weighted by Crippen LogP contribution is -2.37. The van der Waals surface area contributed by atoms with Crippen LogP contribution in [0.2, 0.25) is 0 Å². The molecule has 23 heavy (non-hydrogen) atoms. The summed E-state index contributed by atoms with van der Waals surface area (Å²) in [7, 11) is 1.56. The first-order valence-electron chi connectivity index (χ1n) is 7.68. The zero-order valence-corrected chi connectivity index (χ0v) is 13.7. The summed E-state index contributed by atoms with van der Waals surface area (Å²) in [5.74, 6) is 0.276. The van der Waals surface area contributed by atoms with Gasteiger partial charge < -0.3 is 14.1 Å². The second-order valence-corrected chi connectivity index (χ2v) is 5.48. The van der Waals surface area contributed by atoms with E-state index in [0.29, 0.717) is 17.9 Å². The number of benzene rings is 1. The highest BCUT2D eigenvalue weighted by molar-refractivity contribution is 5.91. The quantitative estimate of drug-likeness (QED) is 0.774. The molecule has 0 radical (unpaired) electrons. The molecule has 1 heterocycles. The Labute approximate surface area is 135 Å². The Bertz CT molecular complexity index is 653. The Kier molecular flexibility index (Phi) is 5.93. The zero-order chi connectivity index (χ0) is 16.8. The third-order valence-electron chi connectivity index (χ3n) is 3.84. The molecule has 0 N–H and O–H groups in total. The summed E-state index contributed by atoms with van der Waals surface area (Å²) >= 11 is 0. The third-order valence-corrected chi connectivity index (χ3v) is 3.84. The maximum absolute atomic E-state index is 13.9. The summed E-state index contributed by atoms with van der Waals surface area (Å²) < 4.78 is 24.4. The van der Waals surface area contributed by atoms with Crippen molar-refractivity contribution in [1.29, 1.82) is 0 Å². The molecule has 1 atom stereocenters. The van der Waals surface area contributed by atoms with Gasteiger partial charge in [-0.2, -0.15) is 0 Å². The van der Waals surface area contributed by atoms with E-state index in [1.54, 1.807) is 42.3 Å². The lowest BCUT2D eigenvalue weighted by Gasteiger charge is -2.28. The van der Waals surface area contributed by atoms with Gasteiger partial charge in [-0.1, -0.05) is 25.1 Å². The molecule has 1 aromatic heterocycles. The molecule has 4 nitrogen and oxygen atoms in total. The van der Waals surface area contributed by atoms with Crippen LogP contribution in [0.5, 0.6) is 0 Å². The van der Waals surface area contributed by atoms with Crippen molar-refractivity contribution in [2.75, 3.05) is 7.11 Å². The number of hydrogen-bond donors (Lipinski definition) is 0. The summed E-state index contributed by atoms with van der Waals surface area (Å²) in [6.45, 7) is 4.45. The maximum atomic E-state index is 13.9. The van der Waals surface area contributed by atoms with Gasteiger partial charge in [0.05, 0.1) is 0 Å². The minimum atomic E-state index is -0.312. The minimum absolute atomic E-state index is 0.0296. The third kappa shape index (κ3) is 4.20. The molecule has 0 aliphatic rings. The summed E-state index contributed by atoms with van der Waals surface area (Å²) in [5.41, 5.74) is 0.491. The van der Waals surface area contributed by atoms with Crippen LogP contribution in [0.4, 0.5) is 4.39 Å². The van der Waals surface area contributed by atoms with Crippen molar-refractivity contribution in [3.05, 3.63) is 59.3 Å². The van der Waals surface area contributed by atoms with Crippen molar-refractivity contribution in [2.24, 2.45) is 0 Å². The monoisotopic (exact) mass is 319 g/mol. The Morgan fingerprint density at radius 1 is 1.30 bits per heavy atom. The molecule has 0 unspecified atom stereocenters. The zero-order valence-electron chi connectivity index (χ0n) is 13.7. The molecule has 0 saturated heterocycles. The molecule has 0 fully saturated rings. The maximum Gasteiger partial charge on any atom is 0.290 e. The van der Waals surface area contributed by atoms with Crippen LogP contribution < -0.4 is 0 Å². The number of methoxy groups -OCH3 is 1. The van der Waals surface area contributed by atoms with Gasteiger partial charge in [0.1, 0.15) is 18.2 Å². The second-order valence-electron chi connectivity index (χ2n) is 5.48. The Morgan fingerprint density at radius 2 is 2.04 bits per heavy atom. The van der Waals surface area contributed by atoms with Crippen molar-refractivity contribution in [3.63, 3.8) is 0 Å². The highest BCUT2D eigenvalue weighted by Gasteiger charge is 2.24. The average molecular weight is 319 g/mol. The highest BCUT2D eigenvalue weighted by Crippen LogP contribution is 2.19. The summed E-state index contributed by atoms with van der Waals surface area (Å²) in [6.07, 6.45) is 0.770. The predicted molar refractivity (Wildman–Crippen MR) is 85.4 cm³/mol. The van der Waals surface area contributed by atoms with Gasteiger partial charge >= 0.3 is 0 Å². The van der Waals surface area contributed by atoms with Gasteiger partial charge in [0, 0.05) is 25.3 Å². The smallest absolute Gasteiger partial charge is 0.290 e. The summed E-state index contributed by atoms with van der Waals surface area (Å²) in [5, 5.41) is 0.